The van der Waals surface area contributed by atoms with E-state index in [-0.39, 0.29) is 17.7 Å². The summed E-state index contributed by atoms with van der Waals surface area (Å²) in [7, 11) is 0. The van der Waals surface area contributed by atoms with Gasteiger partial charge < -0.3 is 10.2 Å². The number of anilines is 1. The first-order valence-electron chi connectivity index (χ1n) is 10.1. The largest absolute Gasteiger partial charge is 0.338 e. The van der Waals surface area contributed by atoms with Crippen LogP contribution in [0.15, 0.2) is 78.9 Å². The SMILES string of the molecule is O=C(Nc1ccc(-c2ccccc2)cc1)[C@H]1CCCN(C(=O)c2ccc(Cl)cc2)C1. The Bertz CT molecular complexity index is 1020. The van der Waals surface area contributed by atoms with E-state index in [1.165, 1.54) is 0 Å². The highest BCUT2D eigenvalue weighted by molar-refractivity contribution is 6.30. The van der Waals surface area contributed by atoms with Crippen molar-refractivity contribution in [1.29, 1.82) is 0 Å². The van der Waals surface area contributed by atoms with Gasteiger partial charge in [0.1, 0.15) is 0 Å². The molecule has 4 rings (SSSR count). The van der Waals surface area contributed by atoms with Crippen molar-refractivity contribution in [3.63, 3.8) is 0 Å². The summed E-state index contributed by atoms with van der Waals surface area (Å²) in [5, 5.41) is 3.60. The van der Waals surface area contributed by atoms with E-state index >= 15 is 0 Å². The van der Waals surface area contributed by atoms with Crippen molar-refractivity contribution in [3.8, 4) is 11.1 Å². The van der Waals surface area contributed by atoms with Gasteiger partial charge in [-0.25, -0.2) is 0 Å². The molecule has 5 heteroatoms. The molecule has 1 N–H and O–H groups in total. The van der Waals surface area contributed by atoms with Gasteiger partial charge in [0.25, 0.3) is 5.91 Å². The van der Waals surface area contributed by atoms with Gasteiger partial charge in [0.2, 0.25) is 5.91 Å². The summed E-state index contributed by atoms with van der Waals surface area (Å²) in [4.78, 5) is 27.3. The van der Waals surface area contributed by atoms with Gasteiger partial charge in [0.05, 0.1) is 5.92 Å². The first-order chi connectivity index (χ1) is 14.6. The molecule has 30 heavy (non-hydrogen) atoms. The second-order valence-electron chi connectivity index (χ2n) is 7.53. The number of hydrogen-bond donors (Lipinski definition) is 1. The van der Waals surface area contributed by atoms with Crippen molar-refractivity contribution in [1.82, 2.24) is 4.90 Å². The maximum Gasteiger partial charge on any atom is 0.253 e. The Labute approximate surface area is 181 Å². The second kappa shape index (κ2) is 9.14. The summed E-state index contributed by atoms with van der Waals surface area (Å²) in [6, 6.07) is 24.8. The lowest BCUT2D eigenvalue weighted by atomic mass is 9.96. The zero-order valence-corrected chi connectivity index (χ0v) is 17.3. The molecule has 2 amide bonds. The van der Waals surface area contributed by atoms with Gasteiger partial charge in [-0.3, -0.25) is 9.59 Å². The summed E-state index contributed by atoms with van der Waals surface area (Å²) >= 11 is 5.91. The van der Waals surface area contributed by atoms with Gasteiger partial charge in [0.15, 0.2) is 0 Å². The van der Waals surface area contributed by atoms with E-state index in [2.05, 4.69) is 17.4 Å². The molecule has 1 atom stereocenters. The minimum atomic E-state index is -0.219. The van der Waals surface area contributed by atoms with Crippen LogP contribution in [0.1, 0.15) is 23.2 Å². The van der Waals surface area contributed by atoms with Crippen LogP contribution in [0.5, 0.6) is 0 Å². The van der Waals surface area contributed by atoms with Crippen molar-refractivity contribution in [2.24, 2.45) is 5.92 Å². The topological polar surface area (TPSA) is 49.4 Å². The number of amides is 2. The lowest BCUT2D eigenvalue weighted by Gasteiger charge is -2.32. The van der Waals surface area contributed by atoms with Crippen LogP contribution < -0.4 is 5.32 Å². The average Bonchev–Trinajstić information content (AvgIpc) is 2.80. The fraction of sp³-hybridized carbons (Fsp3) is 0.200. The lowest BCUT2D eigenvalue weighted by Crippen LogP contribution is -2.43. The Morgan fingerprint density at radius 3 is 2.23 bits per heavy atom. The highest BCUT2D eigenvalue weighted by Crippen LogP contribution is 2.24. The van der Waals surface area contributed by atoms with Gasteiger partial charge in [-0.15, -0.1) is 0 Å². The first-order valence-corrected chi connectivity index (χ1v) is 10.5. The molecule has 1 saturated heterocycles. The summed E-state index contributed by atoms with van der Waals surface area (Å²) in [5.41, 5.74) is 3.60. The molecule has 0 aliphatic carbocycles. The van der Waals surface area contributed by atoms with Crippen molar-refractivity contribution < 1.29 is 9.59 Å². The number of hydrogen-bond acceptors (Lipinski definition) is 2. The molecule has 152 valence electrons. The molecular formula is C25H23ClN2O2. The third-order valence-electron chi connectivity index (χ3n) is 5.43. The molecule has 0 spiro atoms. The molecule has 0 bridgehead atoms. The van der Waals surface area contributed by atoms with Crippen molar-refractivity contribution in [3.05, 3.63) is 89.4 Å². The van der Waals surface area contributed by atoms with Crippen LogP contribution in [0.4, 0.5) is 5.69 Å². The maximum absolute atomic E-state index is 12.8. The van der Waals surface area contributed by atoms with E-state index in [9.17, 15) is 9.59 Å². The number of carbonyl (C=O) groups excluding carboxylic acids is 2. The first kappa shape index (κ1) is 20.2. The van der Waals surface area contributed by atoms with Gasteiger partial charge in [-0.2, -0.15) is 0 Å². The van der Waals surface area contributed by atoms with E-state index in [1.54, 1.807) is 29.2 Å². The predicted molar refractivity (Wildman–Crippen MR) is 121 cm³/mol. The Balaban J connectivity index is 1.38. The number of nitrogens with one attached hydrogen (secondary N) is 1. The van der Waals surface area contributed by atoms with Crippen LogP contribution in [-0.2, 0) is 4.79 Å². The molecule has 0 radical (unpaired) electrons. The van der Waals surface area contributed by atoms with Crippen molar-refractivity contribution in [2.75, 3.05) is 18.4 Å². The number of piperidine rings is 1. The van der Waals surface area contributed by atoms with Crippen LogP contribution in [-0.4, -0.2) is 29.8 Å². The zero-order chi connectivity index (χ0) is 20.9. The van der Waals surface area contributed by atoms with Gasteiger partial charge in [-0.1, -0.05) is 54.1 Å². The lowest BCUT2D eigenvalue weighted by molar-refractivity contribution is -0.121. The number of rotatable bonds is 4. The average molecular weight is 419 g/mol. The highest BCUT2D eigenvalue weighted by atomic mass is 35.5. The van der Waals surface area contributed by atoms with Crippen LogP contribution in [0.25, 0.3) is 11.1 Å². The van der Waals surface area contributed by atoms with E-state index in [4.69, 9.17) is 11.6 Å². The van der Waals surface area contributed by atoms with E-state index < -0.39 is 0 Å². The van der Waals surface area contributed by atoms with Gasteiger partial charge in [-0.05, 0) is 60.4 Å². The second-order valence-corrected chi connectivity index (χ2v) is 7.97. The van der Waals surface area contributed by atoms with Crippen LogP contribution in [0, 0.1) is 5.92 Å². The van der Waals surface area contributed by atoms with Crippen molar-refractivity contribution in [2.45, 2.75) is 12.8 Å². The molecule has 0 saturated carbocycles. The number of likely N-dealkylation sites (tertiary alicyclic amines) is 1. The monoisotopic (exact) mass is 418 g/mol. The Kier molecular flexibility index (Phi) is 6.15. The summed E-state index contributed by atoms with van der Waals surface area (Å²) in [6.45, 7) is 1.09. The minimum absolute atomic E-state index is 0.0453. The fourth-order valence-corrected chi connectivity index (χ4v) is 3.90. The van der Waals surface area contributed by atoms with Crippen molar-refractivity contribution >= 4 is 29.1 Å². The van der Waals surface area contributed by atoms with Gasteiger partial charge in [0, 0.05) is 29.4 Å². The minimum Gasteiger partial charge on any atom is -0.338 e. The molecule has 4 nitrogen and oxygen atoms in total. The van der Waals surface area contributed by atoms with Gasteiger partial charge >= 0.3 is 0 Å². The summed E-state index contributed by atoms with van der Waals surface area (Å²) < 4.78 is 0. The Hall–Kier alpha value is -3.11. The molecule has 1 aliphatic heterocycles. The molecule has 1 aliphatic rings. The third kappa shape index (κ3) is 4.71. The molecule has 3 aromatic rings. The summed E-state index contributed by atoms with van der Waals surface area (Å²) in [6.07, 6.45) is 1.59. The smallest absolute Gasteiger partial charge is 0.253 e. The third-order valence-corrected chi connectivity index (χ3v) is 5.68. The molecule has 1 heterocycles. The van der Waals surface area contributed by atoms with Crippen LogP contribution in [0.2, 0.25) is 5.02 Å². The highest BCUT2D eigenvalue weighted by Gasteiger charge is 2.29. The van der Waals surface area contributed by atoms with E-state index in [0.29, 0.717) is 23.7 Å². The Morgan fingerprint density at radius 2 is 1.53 bits per heavy atom. The zero-order valence-electron chi connectivity index (χ0n) is 16.6. The normalized spacial score (nSPS) is 16.2. The predicted octanol–water partition coefficient (Wildman–Crippen LogP) is 5.50. The Morgan fingerprint density at radius 1 is 0.867 bits per heavy atom. The summed E-state index contributed by atoms with van der Waals surface area (Å²) in [5.74, 6) is -0.323. The molecule has 1 fully saturated rings. The fourth-order valence-electron chi connectivity index (χ4n) is 3.77. The number of carbonyl (C=O) groups is 2. The number of halogens is 1. The number of nitrogens with zero attached hydrogens (tertiary/aromatic N) is 1. The molecule has 0 unspecified atom stereocenters. The molecular weight excluding hydrogens is 396 g/mol. The number of benzene rings is 3. The van der Waals surface area contributed by atoms with Crippen LogP contribution in [0.3, 0.4) is 0 Å². The molecule has 3 aromatic carbocycles. The van der Waals surface area contributed by atoms with E-state index in [1.807, 2.05) is 42.5 Å². The quantitative estimate of drug-likeness (QED) is 0.608. The maximum atomic E-state index is 12.8. The molecule has 0 aromatic heterocycles. The van der Waals surface area contributed by atoms with Crippen LogP contribution >= 0.6 is 11.6 Å². The standard InChI is InChI=1S/C25H23ClN2O2/c26-22-12-8-20(9-13-22)25(30)28-16-4-7-21(17-28)24(29)27-23-14-10-19(11-15-23)18-5-2-1-3-6-18/h1-3,5-6,8-15,21H,4,7,16-17H2,(H,27,29)/t21-/m0/s1. The van der Waals surface area contributed by atoms with E-state index in [0.717, 1.165) is 29.7 Å².